The van der Waals surface area contributed by atoms with Gasteiger partial charge in [0.2, 0.25) is 6.36 Å². The van der Waals surface area contributed by atoms with Crippen molar-refractivity contribution < 1.29 is 27.1 Å². The molecule has 5 rings (SSSR count). The fourth-order valence-corrected chi connectivity index (χ4v) is 7.64. The zero-order valence-electron chi connectivity index (χ0n) is 20.6. The lowest BCUT2D eigenvalue weighted by Crippen LogP contribution is -2.22. The third-order valence-corrected chi connectivity index (χ3v) is 9.15. The lowest BCUT2D eigenvalue weighted by molar-refractivity contribution is 0.0707. The summed E-state index contributed by atoms with van der Waals surface area (Å²) in [7, 11) is -3.09. The normalized spacial score (nSPS) is 23.1. The summed E-state index contributed by atoms with van der Waals surface area (Å²) in [6.45, 7) is 4.54. The largest absolute Gasteiger partial charge is 0.461 e. The third-order valence-electron chi connectivity index (χ3n) is 7.19. The molecule has 2 aliphatic heterocycles. The minimum atomic E-state index is -3.09. The van der Waals surface area contributed by atoms with Gasteiger partial charge in [-0.3, -0.25) is 9.78 Å². The number of Topliss-reactive ketones (excluding diaryl/α,β-unsaturated/α-hetero) is 1. The van der Waals surface area contributed by atoms with E-state index in [1.807, 2.05) is 31.3 Å². The van der Waals surface area contributed by atoms with Crippen molar-refractivity contribution in [2.45, 2.75) is 51.9 Å². The van der Waals surface area contributed by atoms with E-state index in [1.165, 1.54) is 6.92 Å². The molecule has 9 heteroatoms. The van der Waals surface area contributed by atoms with E-state index in [4.69, 9.17) is 14.5 Å². The number of rotatable bonds is 7. The number of ketones is 1. The molecule has 2 atom stereocenters. The predicted molar refractivity (Wildman–Crippen MR) is 136 cm³/mol. The summed E-state index contributed by atoms with van der Waals surface area (Å²) in [5, 5.41) is 0. The summed E-state index contributed by atoms with van der Waals surface area (Å²) >= 11 is 0. The first-order valence-corrected chi connectivity index (χ1v) is 14.2. The van der Waals surface area contributed by atoms with E-state index in [-0.39, 0.29) is 29.8 Å². The first kappa shape index (κ1) is 24.9. The number of fused-ring (bicyclic) bond motifs is 1. The van der Waals surface area contributed by atoms with E-state index in [0.717, 1.165) is 35.0 Å². The molecule has 0 aliphatic carbocycles. The molecular weight excluding hydrogens is 483 g/mol. The molecule has 4 heterocycles. The Balaban J connectivity index is 1.54. The lowest BCUT2D eigenvalue weighted by Gasteiger charge is -2.24. The van der Waals surface area contributed by atoms with Crippen LogP contribution in [0.4, 0.5) is 4.39 Å². The van der Waals surface area contributed by atoms with E-state index < -0.39 is 21.6 Å². The van der Waals surface area contributed by atoms with Crippen LogP contribution in [0.3, 0.4) is 0 Å². The Morgan fingerprint density at radius 3 is 2.78 bits per heavy atom. The Hall–Kier alpha value is -2.78. The number of aromatic nitrogens is 2. The number of benzene rings is 1. The summed E-state index contributed by atoms with van der Waals surface area (Å²) in [6, 6.07) is 9.33. The number of hydrogen-bond acceptors (Lipinski definition) is 6. The number of sulfone groups is 1. The maximum Gasteiger partial charge on any atom is 0.235 e. The van der Waals surface area contributed by atoms with Crippen LogP contribution in [0.5, 0.6) is 5.75 Å². The Morgan fingerprint density at radius 2 is 2.08 bits per heavy atom. The van der Waals surface area contributed by atoms with E-state index in [9.17, 15) is 17.6 Å². The molecule has 7 nitrogen and oxygen atoms in total. The molecule has 2 fully saturated rings. The van der Waals surface area contributed by atoms with Crippen LogP contribution in [0.25, 0.3) is 22.2 Å². The minimum Gasteiger partial charge on any atom is -0.461 e. The fourth-order valence-electron chi connectivity index (χ4n) is 5.39. The molecule has 0 amide bonds. The standard InChI is InChI=1S/C27H31FN2O5S/c1-18(28)35-22-5-3-4-19(12-22)23-16-30(21-6-9-34-10-7-21)24-13-20(15-29-26(23)24)25(31)14-27(2)8-11-36(32,33)17-27/h3-5,12-13,15-16,18,21H,6-11,14,17H2,1-2H3/t18?,27-/m1/s1. The number of ether oxygens (including phenoxy) is 2. The summed E-state index contributed by atoms with van der Waals surface area (Å²) in [5.74, 6) is 0.507. The van der Waals surface area contributed by atoms with Crippen molar-refractivity contribution in [1.82, 2.24) is 9.55 Å². The van der Waals surface area contributed by atoms with Crippen LogP contribution in [0, 0.1) is 5.41 Å². The van der Waals surface area contributed by atoms with Gasteiger partial charge in [-0.2, -0.15) is 0 Å². The van der Waals surface area contributed by atoms with E-state index in [1.54, 1.807) is 18.3 Å². The molecule has 2 saturated heterocycles. The molecule has 2 aromatic heterocycles. The van der Waals surface area contributed by atoms with Gasteiger partial charge >= 0.3 is 0 Å². The number of hydrogen-bond donors (Lipinski definition) is 0. The van der Waals surface area contributed by atoms with Crippen molar-refractivity contribution in [1.29, 1.82) is 0 Å². The topological polar surface area (TPSA) is 87.5 Å². The summed E-state index contributed by atoms with van der Waals surface area (Å²) < 4.78 is 50.4. The molecule has 192 valence electrons. The monoisotopic (exact) mass is 514 g/mol. The van der Waals surface area contributed by atoms with Gasteiger partial charge in [0.05, 0.1) is 22.5 Å². The molecule has 36 heavy (non-hydrogen) atoms. The zero-order valence-corrected chi connectivity index (χ0v) is 21.4. The molecule has 3 aromatic rings. The SMILES string of the molecule is CC(F)Oc1cccc(-c2cn(C3CCOCC3)c3cc(C(=O)C[C@@]4(C)CCS(=O)(=O)C4)cnc23)c1. The van der Waals surface area contributed by atoms with Gasteiger partial charge in [-0.1, -0.05) is 19.1 Å². The van der Waals surface area contributed by atoms with Gasteiger partial charge in [0.15, 0.2) is 15.6 Å². The molecule has 1 unspecified atom stereocenters. The Morgan fingerprint density at radius 1 is 1.31 bits per heavy atom. The van der Waals surface area contributed by atoms with Gasteiger partial charge in [0.25, 0.3) is 0 Å². The van der Waals surface area contributed by atoms with Gasteiger partial charge in [-0.25, -0.2) is 12.8 Å². The second-order valence-corrected chi connectivity index (χ2v) is 12.5. The summed E-state index contributed by atoms with van der Waals surface area (Å²) in [6.07, 6.45) is 4.57. The minimum absolute atomic E-state index is 0.0416. The number of carbonyl (C=O) groups excluding carboxylic acids is 1. The maximum absolute atomic E-state index is 13.4. The van der Waals surface area contributed by atoms with E-state index >= 15 is 0 Å². The number of alkyl halides is 1. The first-order valence-electron chi connectivity index (χ1n) is 12.4. The maximum atomic E-state index is 13.4. The molecular formula is C27H31FN2O5S. The third kappa shape index (κ3) is 5.18. The Labute approximate surface area is 210 Å². The van der Waals surface area contributed by atoms with E-state index in [0.29, 0.717) is 30.9 Å². The van der Waals surface area contributed by atoms with Crippen molar-refractivity contribution in [3.8, 4) is 16.9 Å². The fraction of sp³-hybridized carbons (Fsp3) is 0.481. The van der Waals surface area contributed by atoms with Gasteiger partial charge in [-0.15, -0.1) is 0 Å². The van der Waals surface area contributed by atoms with Crippen molar-refractivity contribution in [2.75, 3.05) is 24.7 Å². The molecule has 0 saturated carbocycles. The van der Waals surface area contributed by atoms with Gasteiger partial charge in [0.1, 0.15) is 5.75 Å². The van der Waals surface area contributed by atoms with Gasteiger partial charge in [-0.05, 0) is 48.4 Å². The molecule has 1 aromatic carbocycles. The highest BCUT2D eigenvalue weighted by molar-refractivity contribution is 7.91. The van der Waals surface area contributed by atoms with Gasteiger partial charge in [0, 0.05) is 56.1 Å². The van der Waals surface area contributed by atoms with Crippen molar-refractivity contribution in [3.63, 3.8) is 0 Å². The summed E-state index contributed by atoms with van der Waals surface area (Å²) in [5.41, 5.74) is 3.25. The predicted octanol–water partition coefficient (Wildman–Crippen LogP) is 5.15. The lowest BCUT2D eigenvalue weighted by atomic mass is 9.83. The highest BCUT2D eigenvalue weighted by Crippen LogP contribution is 2.38. The van der Waals surface area contributed by atoms with Crippen LogP contribution >= 0.6 is 0 Å². The average molecular weight is 515 g/mol. The average Bonchev–Trinajstić information content (AvgIpc) is 3.35. The number of pyridine rings is 1. The van der Waals surface area contributed by atoms with Crippen LogP contribution < -0.4 is 4.74 Å². The van der Waals surface area contributed by atoms with Crippen molar-refractivity contribution >= 4 is 26.7 Å². The highest BCUT2D eigenvalue weighted by Gasteiger charge is 2.40. The smallest absolute Gasteiger partial charge is 0.235 e. The van der Waals surface area contributed by atoms with Crippen molar-refractivity contribution in [2.24, 2.45) is 5.41 Å². The number of nitrogens with zero attached hydrogens (tertiary/aromatic N) is 2. The highest BCUT2D eigenvalue weighted by atomic mass is 32.2. The van der Waals surface area contributed by atoms with Crippen LogP contribution in [0.15, 0.2) is 42.7 Å². The van der Waals surface area contributed by atoms with Crippen LogP contribution in [-0.4, -0.2) is 54.8 Å². The second kappa shape index (κ2) is 9.59. The van der Waals surface area contributed by atoms with Gasteiger partial charge < -0.3 is 14.0 Å². The summed E-state index contributed by atoms with van der Waals surface area (Å²) in [4.78, 5) is 18.0. The van der Waals surface area contributed by atoms with Crippen LogP contribution in [0.1, 0.15) is 55.9 Å². The van der Waals surface area contributed by atoms with Crippen LogP contribution in [0.2, 0.25) is 0 Å². The van der Waals surface area contributed by atoms with E-state index in [2.05, 4.69) is 4.57 Å². The Bertz CT molecular complexity index is 1390. The quantitative estimate of drug-likeness (QED) is 0.406. The second-order valence-electron chi connectivity index (χ2n) is 10.3. The molecule has 2 aliphatic rings. The van der Waals surface area contributed by atoms with Crippen molar-refractivity contribution in [3.05, 3.63) is 48.3 Å². The van der Waals surface area contributed by atoms with Crippen LogP contribution in [-0.2, 0) is 14.6 Å². The molecule has 0 N–H and O–H groups in total. The number of halogens is 1. The molecule has 0 bridgehead atoms. The molecule has 0 radical (unpaired) electrons. The zero-order chi connectivity index (χ0) is 25.5. The Kier molecular flexibility index (Phi) is 6.63. The first-order chi connectivity index (χ1) is 17.1. The number of carbonyl (C=O) groups is 1. The molecule has 0 spiro atoms.